The Bertz CT molecular complexity index is 286. The number of unbranched alkanes of at least 4 members (excludes halogenated alkanes) is 1. The fourth-order valence-electron chi connectivity index (χ4n) is 1.52. The first kappa shape index (κ1) is 12.0. The lowest BCUT2D eigenvalue weighted by molar-refractivity contribution is 0.685. The summed E-state index contributed by atoms with van der Waals surface area (Å²) in [6.45, 7) is 8.52. The van der Waals surface area contributed by atoms with E-state index in [1.54, 1.807) is 0 Å². The zero-order chi connectivity index (χ0) is 11.1. The van der Waals surface area contributed by atoms with Gasteiger partial charge in [0.1, 0.15) is 0 Å². The molecule has 0 aliphatic heterocycles. The maximum absolute atomic E-state index is 4.46. The molecule has 0 radical (unpaired) electrons. The van der Waals surface area contributed by atoms with Gasteiger partial charge in [0.05, 0.1) is 0 Å². The molecule has 3 nitrogen and oxygen atoms in total. The van der Waals surface area contributed by atoms with Crippen LogP contribution in [0.2, 0.25) is 0 Å². The Balaban J connectivity index is 2.69. The Morgan fingerprint density at radius 2 is 2.00 bits per heavy atom. The van der Waals surface area contributed by atoms with Gasteiger partial charge in [-0.25, -0.2) is 9.97 Å². The number of nitrogens with zero attached hydrogens (tertiary/aromatic N) is 3. The van der Waals surface area contributed by atoms with Crippen molar-refractivity contribution in [3.05, 3.63) is 18.0 Å². The number of anilines is 1. The van der Waals surface area contributed by atoms with Gasteiger partial charge in [0, 0.05) is 25.0 Å². The molecule has 1 aromatic rings. The maximum atomic E-state index is 4.46. The highest BCUT2D eigenvalue weighted by atomic mass is 15.2. The molecule has 0 unspecified atom stereocenters. The Hall–Kier alpha value is -1.12. The summed E-state index contributed by atoms with van der Waals surface area (Å²) in [5.74, 6) is 0.880. The molecule has 0 aromatic carbocycles. The minimum atomic E-state index is 0.880. The summed E-state index contributed by atoms with van der Waals surface area (Å²) >= 11 is 0. The molecule has 0 amide bonds. The molecular formula is C12H21N3. The predicted octanol–water partition coefficient (Wildman–Crippen LogP) is 2.80. The molecule has 0 atom stereocenters. The molecule has 1 aromatic heterocycles. The fourth-order valence-corrected chi connectivity index (χ4v) is 1.52. The third-order valence-electron chi connectivity index (χ3n) is 2.34. The second-order valence-corrected chi connectivity index (χ2v) is 3.84. The molecule has 0 fully saturated rings. The minimum absolute atomic E-state index is 0.880. The van der Waals surface area contributed by atoms with E-state index in [4.69, 9.17) is 0 Å². The average Bonchev–Trinajstić information content (AvgIpc) is 2.24. The van der Waals surface area contributed by atoms with Gasteiger partial charge in [-0.2, -0.15) is 0 Å². The van der Waals surface area contributed by atoms with Gasteiger partial charge >= 0.3 is 0 Å². The van der Waals surface area contributed by atoms with E-state index < -0.39 is 0 Å². The Kier molecular flexibility index (Phi) is 5.08. The van der Waals surface area contributed by atoms with Crippen molar-refractivity contribution < 1.29 is 0 Å². The third kappa shape index (κ3) is 3.86. The molecule has 1 heterocycles. The van der Waals surface area contributed by atoms with Crippen molar-refractivity contribution in [1.29, 1.82) is 0 Å². The van der Waals surface area contributed by atoms with Gasteiger partial charge in [0.2, 0.25) is 5.95 Å². The van der Waals surface area contributed by atoms with E-state index in [0.717, 1.165) is 31.2 Å². The van der Waals surface area contributed by atoms with Crippen LogP contribution < -0.4 is 4.90 Å². The molecule has 1 rings (SSSR count). The van der Waals surface area contributed by atoms with Crippen molar-refractivity contribution in [2.24, 2.45) is 0 Å². The molecule has 0 aliphatic rings. The van der Waals surface area contributed by atoms with Crippen LogP contribution in [0.4, 0.5) is 5.95 Å². The molecule has 0 saturated carbocycles. The Morgan fingerprint density at radius 1 is 1.20 bits per heavy atom. The first-order valence-corrected chi connectivity index (χ1v) is 5.82. The molecule has 0 N–H and O–H groups in total. The van der Waals surface area contributed by atoms with E-state index >= 15 is 0 Å². The van der Waals surface area contributed by atoms with Gasteiger partial charge in [-0.3, -0.25) is 0 Å². The smallest absolute Gasteiger partial charge is 0.225 e. The average molecular weight is 207 g/mol. The number of hydrogen-bond acceptors (Lipinski definition) is 3. The van der Waals surface area contributed by atoms with Crippen LogP contribution >= 0.6 is 0 Å². The molecule has 3 heteroatoms. The normalized spacial score (nSPS) is 10.3. The summed E-state index contributed by atoms with van der Waals surface area (Å²) in [6.07, 6.45) is 5.40. The lowest BCUT2D eigenvalue weighted by atomic mass is 10.3. The quantitative estimate of drug-likeness (QED) is 0.718. The largest absolute Gasteiger partial charge is 0.341 e. The van der Waals surface area contributed by atoms with Gasteiger partial charge in [0.15, 0.2) is 0 Å². The van der Waals surface area contributed by atoms with Crippen LogP contribution in [0.3, 0.4) is 0 Å². The van der Waals surface area contributed by atoms with Crippen molar-refractivity contribution in [1.82, 2.24) is 9.97 Å². The highest BCUT2D eigenvalue weighted by molar-refractivity contribution is 5.29. The van der Waals surface area contributed by atoms with E-state index in [-0.39, 0.29) is 0 Å². The first-order chi connectivity index (χ1) is 7.27. The van der Waals surface area contributed by atoms with E-state index in [1.165, 1.54) is 12.8 Å². The highest BCUT2D eigenvalue weighted by Crippen LogP contribution is 2.09. The standard InChI is InChI=1S/C12H21N3/c1-4-6-10-15(9-5-2)12-13-8-7-11(3)14-12/h7-8H,4-6,9-10H2,1-3H3. The number of aromatic nitrogens is 2. The zero-order valence-corrected chi connectivity index (χ0v) is 10.0. The van der Waals surface area contributed by atoms with E-state index in [0.29, 0.717) is 0 Å². The monoisotopic (exact) mass is 207 g/mol. The summed E-state index contributed by atoms with van der Waals surface area (Å²) in [7, 11) is 0. The number of rotatable bonds is 6. The Morgan fingerprint density at radius 3 is 2.60 bits per heavy atom. The summed E-state index contributed by atoms with van der Waals surface area (Å²) in [5, 5.41) is 0. The molecule has 15 heavy (non-hydrogen) atoms. The minimum Gasteiger partial charge on any atom is -0.341 e. The van der Waals surface area contributed by atoms with Gasteiger partial charge in [-0.05, 0) is 25.8 Å². The third-order valence-corrected chi connectivity index (χ3v) is 2.34. The molecule has 0 saturated heterocycles. The summed E-state index contributed by atoms with van der Waals surface area (Å²) in [6, 6.07) is 1.94. The molecule has 0 bridgehead atoms. The topological polar surface area (TPSA) is 29.0 Å². The number of hydrogen-bond donors (Lipinski definition) is 0. The van der Waals surface area contributed by atoms with Crippen molar-refractivity contribution >= 4 is 5.95 Å². The van der Waals surface area contributed by atoms with Gasteiger partial charge < -0.3 is 4.90 Å². The van der Waals surface area contributed by atoms with Crippen LogP contribution in [0, 0.1) is 6.92 Å². The van der Waals surface area contributed by atoms with Crippen molar-refractivity contribution in [3.63, 3.8) is 0 Å². The van der Waals surface area contributed by atoms with E-state index in [2.05, 4.69) is 28.7 Å². The SMILES string of the molecule is CCCCN(CCC)c1nccc(C)n1. The van der Waals surface area contributed by atoms with Crippen LogP contribution in [-0.2, 0) is 0 Å². The lowest BCUT2D eigenvalue weighted by Crippen LogP contribution is -2.27. The second-order valence-electron chi connectivity index (χ2n) is 3.84. The van der Waals surface area contributed by atoms with Crippen molar-refractivity contribution in [3.8, 4) is 0 Å². The van der Waals surface area contributed by atoms with Crippen molar-refractivity contribution in [2.45, 2.75) is 40.0 Å². The maximum Gasteiger partial charge on any atom is 0.225 e. The van der Waals surface area contributed by atoms with Gasteiger partial charge in [-0.1, -0.05) is 20.3 Å². The van der Waals surface area contributed by atoms with Crippen LogP contribution in [0.1, 0.15) is 38.8 Å². The zero-order valence-electron chi connectivity index (χ0n) is 10.0. The van der Waals surface area contributed by atoms with Crippen LogP contribution in [0.5, 0.6) is 0 Å². The Labute approximate surface area is 92.6 Å². The fraction of sp³-hybridized carbons (Fsp3) is 0.667. The summed E-state index contributed by atoms with van der Waals surface area (Å²) < 4.78 is 0. The molecule has 84 valence electrons. The van der Waals surface area contributed by atoms with Crippen LogP contribution in [-0.4, -0.2) is 23.1 Å². The van der Waals surface area contributed by atoms with Crippen molar-refractivity contribution in [2.75, 3.05) is 18.0 Å². The molecule has 0 spiro atoms. The number of aryl methyl sites for hydroxylation is 1. The van der Waals surface area contributed by atoms with E-state index in [1.807, 2.05) is 19.2 Å². The summed E-state index contributed by atoms with van der Waals surface area (Å²) in [5.41, 5.74) is 1.04. The first-order valence-electron chi connectivity index (χ1n) is 5.82. The van der Waals surface area contributed by atoms with Gasteiger partial charge in [0.25, 0.3) is 0 Å². The van der Waals surface area contributed by atoms with E-state index in [9.17, 15) is 0 Å². The van der Waals surface area contributed by atoms with Crippen LogP contribution in [0.15, 0.2) is 12.3 Å². The summed E-state index contributed by atoms with van der Waals surface area (Å²) in [4.78, 5) is 11.1. The molecule has 0 aliphatic carbocycles. The molecular weight excluding hydrogens is 186 g/mol. The highest BCUT2D eigenvalue weighted by Gasteiger charge is 2.07. The second kappa shape index (κ2) is 6.38. The lowest BCUT2D eigenvalue weighted by Gasteiger charge is -2.21. The van der Waals surface area contributed by atoms with Gasteiger partial charge in [-0.15, -0.1) is 0 Å². The predicted molar refractivity (Wildman–Crippen MR) is 64.2 cm³/mol. The van der Waals surface area contributed by atoms with Crippen LogP contribution in [0.25, 0.3) is 0 Å².